The van der Waals surface area contributed by atoms with Crippen LogP contribution in [0.5, 0.6) is 5.75 Å². The molecule has 47 heavy (non-hydrogen) atoms. The lowest BCUT2D eigenvalue weighted by atomic mass is 9.68. The average molecular weight is 659 g/mol. The van der Waals surface area contributed by atoms with E-state index in [4.69, 9.17) is 9.47 Å². The number of methoxy groups -OCH3 is 1. The Bertz CT molecular complexity index is 1670. The van der Waals surface area contributed by atoms with Gasteiger partial charge in [0.25, 0.3) is 5.91 Å². The summed E-state index contributed by atoms with van der Waals surface area (Å²) in [6, 6.07) is 12.4. The number of Topliss-reactive ketones (excluding diaryl/α,β-unsaturated/α-hetero) is 1. The normalized spacial score (nSPS) is 31.4. The van der Waals surface area contributed by atoms with E-state index in [0.717, 1.165) is 63.1 Å². The molecule has 5 aliphatic rings. The number of hydrogen-bond acceptors (Lipinski definition) is 6. The Morgan fingerprint density at radius 3 is 2.79 bits per heavy atom. The third-order valence-corrected chi connectivity index (χ3v) is 13.6. The molecule has 0 radical (unpaired) electrons. The number of fused-ring (bicyclic) bond motifs is 4. The fourth-order valence-corrected chi connectivity index (χ4v) is 10.4. The molecule has 0 saturated heterocycles. The van der Waals surface area contributed by atoms with Crippen molar-refractivity contribution < 1.29 is 23.3 Å². The number of benzene rings is 2. The largest absolute Gasteiger partial charge is 0.490 e. The second kappa shape index (κ2) is 13.5. The topological polar surface area (TPSA) is 85.3 Å². The van der Waals surface area contributed by atoms with Crippen LogP contribution in [0.4, 0.5) is 5.69 Å². The van der Waals surface area contributed by atoms with Crippen LogP contribution in [0.1, 0.15) is 91.3 Å². The molecule has 8 heteroatoms. The number of amides is 1. The number of allylic oxidation sites excluding steroid dienone is 1. The monoisotopic (exact) mass is 658 g/mol. The number of hydrogen-bond donors (Lipinski definition) is 0. The summed E-state index contributed by atoms with van der Waals surface area (Å²) < 4.78 is 31.3. The standard InChI is InChI=1S/C39H50N2O5S/c1-27-9-17-34-29(21-27)7-6-19-39(34)25-41-23-31-13-16-33(31)36(45-2)8-4-3-5-20-47(44,24-32(42)15-12-28-10-11-28)40-38(43)30-14-18-37(46-26-39)35(41)22-30/h4,8-9,14,17-18,21-22,28,31,33,36H,3,5-7,10-13,15-16,19-20,23-26H2,1-2H3/b8-4+/t31-,33+,36-,39-,47+/m0/s1. The molecule has 7 rings (SSSR count). The molecule has 0 N–H and O–H groups in total. The first-order valence-electron chi connectivity index (χ1n) is 17.8. The Hall–Kier alpha value is -2.97. The van der Waals surface area contributed by atoms with E-state index in [-0.39, 0.29) is 28.8 Å². The number of aryl methyl sites for hydroxylation is 2. The van der Waals surface area contributed by atoms with Crippen molar-refractivity contribution in [3.63, 3.8) is 0 Å². The van der Waals surface area contributed by atoms with Gasteiger partial charge in [0.05, 0.1) is 33.9 Å². The van der Waals surface area contributed by atoms with Crippen LogP contribution in [0.25, 0.3) is 0 Å². The average Bonchev–Trinajstić information content (AvgIpc) is 3.88. The van der Waals surface area contributed by atoms with Crippen LogP contribution >= 0.6 is 0 Å². The maximum Gasteiger partial charge on any atom is 0.285 e. The summed E-state index contributed by atoms with van der Waals surface area (Å²) in [5, 5.41) is 0. The summed E-state index contributed by atoms with van der Waals surface area (Å²) in [4.78, 5) is 29.2. The van der Waals surface area contributed by atoms with Crippen LogP contribution < -0.4 is 9.64 Å². The summed E-state index contributed by atoms with van der Waals surface area (Å²) in [5.74, 6) is 1.77. The molecule has 2 fully saturated rings. The molecule has 252 valence electrons. The summed E-state index contributed by atoms with van der Waals surface area (Å²) in [7, 11) is -1.26. The zero-order chi connectivity index (χ0) is 32.6. The third-order valence-electron chi connectivity index (χ3n) is 11.4. The molecule has 2 aromatic rings. The number of ketones is 1. The Labute approximate surface area is 280 Å². The van der Waals surface area contributed by atoms with Gasteiger partial charge in [0.15, 0.2) is 0 Å². The summed E-state index contributed by atoms with van der Waals surface area (Å²) in [6.07, 6.45) is 14.7. The van der Waals surface area contributed by atoms with Crippen molar-refractivity contribution in [2.45, 2.75) is 89.1 Å². The second-order valence-corrected chi connectivity index (χ2v) is 17.4. The van der Waals surface area contributed by atoms with Crippen molar-refractivity contribution in [1.29, 1.82) is 0 Å². The van der Waals surface area contributed by atoms with Crippen LogP contribution in [-0.4, -0.2) is 60.3 Å². The molecule has 2 bridgehead atoms. The number of carbonyl (C=O) groups excluding carboxylic acids is 2. The molecule has 0 aromatic heterocycles. The van der Waals surface area contributed by atoms with Gasteiger partial charge in [-0.25, -0.2) is 4.21 Å². The number of nitrogens with zero attached hydrogens (tertiary/aromatic N) is 2. The minimum absolute atomic E-state index is 0.0163. The van der Waals surface area contributed by atoms with Gasteiger partial charge in [-0.2, -0.15) is 4.36 Å². The van der Waals surface area contributed by atoms with Crippen molar-refractivity contribution in [3.8, 4) is 5.75 Å². The number of carbonyl (C=O) groups is 2. The second-order valence-electron chi connectivity index (χ2n) is 15.0. The van der Waals surface area contributed by atoms with Crippen LogP contribution in [-0.2, 0) is 31.1 Å². The predicted molar refractivity (Wildman–Crippen MR) is 187 cm³/mol. The zero-order valence-corrected chi connectivity index (χ0v) is 28.9. The Morgan fingerprint density at radius 1 is 1.13 bits per heavy atom. The van der Waals surface area contributed by atoms with E-state index in [9.17, 15) is 13.8 Å². The van der Waals surface area contributed by atoms with Crippen molar-refractivity contribution in [2.75, 3.05) is 43.2 Å². The van der Waals surface area contributed by atoms with Gasteiger partial charge in [0, 0.05) is 43.4 Å². The molecule has 2 aliphatic heterocycles. The number of ether oxygens (including phenoxy) is 2. The number of anilines is 1. The fraction of sp³-hybridized carbons (Fsp3) is 0.590. The van der Waals surface area contributed by atoms with Crippen LogP contribution in [0.3, 0.4) is 0 Å². The van der Waals surface area contributed by atoms with Crippen molar-refractivity contribution in [1.82, 2.24) is 0 Å². The quantitative estimate of drug-likeness (QED) is 0.305. The molecular weight excluding hydrogens is 609 g/mol. The van der Waals surface area contributed by atoms with E-state index in [2.05, 4.69) is 46.5 Å². The maximum atomic E-state index is 14.2. The van der Waals surface area contributed by atoms with E-state index in [1.165, 1.54) is 29.5 Å². The van der Waals surface area contributed by atoms with Gasteiger partial charge in [-0.15, -0.1) is 0 Å². The maximum absolute atomic E-state index is 14.2. The minimum atomic E-state index is -3.05. The number of rotatable bonds is 6. The molecule has 0 unspecified atom stereocenters. The predicted octanol–water partition coefficient (Wildman–Crippen LogP) is 7.23. The highest BCUT2D eigenvalue weighted by molar-refractivity contribution is 7.94. The van der Waals surface area contributed by atoms with Crippen molar-refractivity contribution >= 4 is 27.1 Å². The lowest BCUT2D eigenvalue weighted by Crippen LogP contribution is -2.49. The lowest BCUT2D eigenvalue weighted by molar-refractivity contribution is -0.116. The Balaban J connectivity index is 1.26. The SMILES string of the molecule is CO[C@H]1/C=C/CCC[S@@](=O)(CC(=O)CCC2CC2)=NC(=O)c2ccc3c(c2)N(C[C@@H]2CC[C@H]21)C[C@@]1(CCCc2cc(C)ccc21)CO3. The van der Waals surface area contributed by atoms with E-state index in [1.54, 1.807) is 13.2 Å². The molecule has 1 amide bonds. The molecule has 7 nitrogen and oxygen atoms in total. The Kier molecular flexibility index (Phi) is 9.36. The summed E-state index contributed by atoms with van der Waals surface area (Å²) in [6.45, 7) is 4.39. The Morgan fingerprint density at radius 2 is 2.00 bits per heavy atom. The zero-order valence-electron chi connectivity index (χ0n) is 28.1. The highest BCUT2D eigenvalue weighted by atomic mass is 32.2. The van der Waals surface area contributed by atoms with Crippen LogP contribution in [0, 0.1) is 24.7 Å². The molecule has 2 heterocycles. The fourth-order valence-electron chi connectivity index (χ4n) is 8.45. The molecule has 3 aliphatic carbocycles. The van der Waals surface area contributed by atoms with Gasteiger partial charge >= 0.3 is 0 Å². The van der Waals surface area contributed by atoms with Crippen molar-refractivity contribution in [2.24, 2.45) is 22.1 Å². The van der Waals surface area contributed by atoms with Gasteiger partial charge in [0.2, 0.25) is 0 Å². The summed E-state index contributed by atoms with van der Waals surface area (Å²) >= 11 is 0. The minimum Gasteiger partial charge on any atom is -0.490 e. The first-order chi connectivity index (χ1) is 22.7. The molecular formula is C39H50N2O5S. The first-order valence-corrected chi connectivity index (χ1v) is 19.7. The van der Waals surface area contributed by atoms with Gasteiger partial charge in [-0.1, -0.05) is 48.8 Å². The highest BCUT2D eigenvalue weighted by Crippen LogP contribution is 2.47. The highest BCUT2D eigenvalue weighted by Gasteiger charge is 2.44. The molecule has 1 spiro atoms. The smallest absolute Gasteiger partial charge is 0.285 e. The van der Waals surface area contributed by atoms with E-state index in [1.807, 2.05) is 12.1 Å². The lowest BCUT2D eigenvalue weighted by Gasteiger charge is -2.46. The van der Waals surface area contributed by atoms with Gasteiger partial charge in [0.1, 0.15) is 11.5 Å². The van der Waals surface area contributed by atoms with E-state index < -0.39 is 15.6 Å². The van der Waals surface area contributed by atoms with Crippen LogP contribution in [0.15, 0.2) is 52.9 Å². The van der Waals surface area contributed by atoms with E-state index in [0.29, 0.717) is 49.2 Å². The van der Waals surface area contributed by atoms with Gasteiger partial charge < -0.3 is 14.4 Å². The summed E-state index contributed by atoms with van der Waals surface area (Å²) in [5.41, 5.74) is 5.23. The van der Waals surface area contributed by atoms with Crippen LogP contribution in [0.2, 0.25) is 0 Å². The van der Waals surface area contributed by atoms with E-state index >= 15 is 0 Å². The van der Waals surface area contributed by atoms with Gasteiger partial charge in [-0.3, -0.25) is 9.59 Å². The molecule has 5 atom stereocenters. The van der Waals surface area contributed by atoms with Gasteiger partial charge in [-0.05, 0) is 105 Å². The van der Waals surface area contributed by atoms with Crippen molar-refractivity contribution in [3.05, 3.63) is 70.8 Å². The molecule has 2 aromatic carbocycles. The molecule has 2 saturated carbocycles. The first kappa shape index (κ1) is 32.6. The third kappa shape index (κ3) is 7.10.